The largest absolute Gasteiger partial charge is 0.309 e. The highest BCUT2D eigenvalue weighted by Crippen LogP contribution is 2.32. The van der Waals surface area contributed by atoms with E-state index in [1.54, 1.807) is 0 Å². The standard InChI is InChI=1S/C10H10BrN5O2S/c1-3-8-13-14-10(15(8)2)19-9-7(11)4-6(5-12-9)16(17)18/h4-5H,3H2,1-2H3. The molecule has 0 saturated carbocycles. The van der Waals surface area contributed by atoms with Crippen LogP contribution in [0, 0.1) is 10.1 Å². The molecule has 0 atom stereocenters. The summed E-state index contributed by atoms with van der Waals surface area (Å²) < 4.78 is 2.44. The minimum absolute atomic E-state index is 0.0524. The number of hydrogen-bond acceptors (Lipinski definition) is 6. The van der Waals surface area contributed by atoms with Crippen LogP contribution in [0.3, 0.4) is 0 Å². The van der Waals surface area contributed by atoms with E-state index in [4.69, 9.17) is 0 Å². The van der Waals surface area contributed by atoms with Crippen molar-refractivity contribution >= 4 is 33.4 Å². The van der Waals surface area contributed by atoms with E-state index in [0.29, 0.717) is 14.7 Å². The maximum absolute atomic E-state index is 10.6. The summed E-state index contributed by atoms with van der Waals surface area (Å²) in [5.41, 5.74) is -0.0524. The summed E-state index contributed by atoms with van der Waals surface area (Å²) in [4.78, 5) is 14.2. The molecule has 19 heavy (non-hydrogen) atoms. The quantitative estimate of drug-likeness (QED) is 0.626. The van der Waals surface area contributed by atoms with Gasteiger partial charge < -0.3 is 4.57 Å². The normalized spacial score (nSPS) is 10.7. The Hall–Kier alpha value is -1.48. The Morgan fingerprint density at radius 2 is 2.26 bits per heavy atom. The fourth-order valence-corrected chi connectivity index (χ4v) is 2.76. The van der Waals surface area contributed by atoms with Gasteiger partial charge in [0.2, 0.25) is 0 Å². The van der Waals surface area contributed by atoms with Crippen molar-refractivity contribution in [3.05, 3.63) is 32.7 Å². The van der Waals surface area contributed by atoms with Gasteiger partial charge in [0, 0.05) is 19.5 Å². The molecule has 0 aliphatic heterocycles. The summed E-state index contributed by atoms with van der Waals surface area (Å²) >= 11 is 4.58. The van der Waals surface area contributed by atoms with Crippen LogP contribution in [0.25, 0.3) is 0 Å². The molecule has 2 heterocycles. The molecule has 2 aromatic heterocycles. The number of aromatic nitrogens is 4. The van der Waals surface area contributed by atoms with Crippen LogP contribution in [0.1, 0.15) is 12.7 Å². The zero-order valence-corrected chi connectivity index (χ0v) is 12.6. The third-order valence-corrected chi connectivity index (χ3v) is 4.36. The highest BCUT2D eigenvalue weighted by Gasteiger charge is 2.15. The van der Waals surface area contributed by atoms with E-state index >= 15 is 0 Å². The van der Waals surface area contributed by atoms with Crippen molar-refractivity contribution in [1.29, 1.82) is 0 Å². The van der Waals surface area contributed by atoms with Crippen LogP contribution in [-0.4, -0.2) is 24.7 Å². The van der Waals surface area contributed by atoms with Crippen LogP contribution in [0.2, 0.25) is 0 Å². The van der Waals surface area contributed by atoms with Crippen molar-refractivity contribution in [2.75, 3.05) is 0 Å². The van der Waals surface area contributed by atoms with Gasteiger partial charge in [0.05, 0.1) is 9.40 Å². The van der Waals surface area contributed by atoms with Crippen molar-refractivity contribution in [2.24, 2.45) is 7.05 Å². The predicted octanol–water partition coefficient (Wildman–Crippen LogP) is 2.59. The molecule has 0 amide bonds. The van der Waals surface area contributed by atoms with Gasteiger partial charge in [0.1, 0.15) is 17.0 Å². The predicted molar refractivity (Wildman–Crippen MR) is 73.1 cm³/mol. The minimum Gasteiger partial charge on any atom is -0.309 e. The first-order valence-corrected chi connectivity index (χ1v) is 7.00. The monoisotopic (exact) mass is 343 g/mol. The molecule has 0 aromatic carbocycles. The molecular weight excluding hydrogens is 334 g/mol. The molecule has 0 unspecified atom stereocenters. The first kappa shape index (κ1) is 13.9. The van der Waals surface area contributed by atoms with Crippen LogP contribution in [0.5, 0.6) is 0 Å². The zero-order chi connectivity index (χ0) is 14.0. The summed E-state index contributed by atoms with van der Waals surface area (Å²) in [5, 5.41) is 20.0. The number of pyridine rings is 1. The number of rotatable bonds is 4. The van der Waals surface area contributed by atoms with Crippen LogP contribution in [0.4, 0.5) is 5.69 Å². The molecule has 0 aliphatic rings. The molecule has 0 spiro atoms. The smallest absolute Gasteiger partial charge is 0.288 e. The van der Waals surface area contributed by atoms with E-state index < -0.39 is 4.92 Å². The second kappa shape index (κ2) is 5.66. The third kappa shape index (κ3) is 2.92. The molecule has 0 fully saturated rings. The van der Waals surface area contributed by atoms with Crippen molar-refractivity contribution in [3.63, 3.8) is 0 Å². The van der Waals surface area contributed by atoms with Crippen LogP contribution >= 0.6 is 27.7 Å². The topological polar surface area (TPSA) is 86.7 Å². The number of aryl methyl sites for hydroxylation is 1. The summed E-state index contributed by atoms with van der Waals surface area (Å²) in [6.07, 6.45) is 2.02. The first-order chi connectivity index (χ1) is 9.02. The van der Waals surface area contributed by atoms with E-state index in [1.165, 1.54) is 24.0 Å². The molecule has 0 radical (unpaired) electrons. The summed E-state index contributed by atoms with van der Waals surface area (Å²) in [6, 6.07) is 1.42. The Labute approximate surface area is 121 Å². The molecule has 9 heteroatoms. The second-order valence-electron chi connectivity index (χ2n) is 3.65. The van der Waals surface area contributed by atoms with Gasteiger partial charge in [-0.05, 0) is 27.7 Å². The van der Waals surface area contributed by atoms with E-state index in [0.717, 1.165) is 12.2 Å². The lowest BCUT2D eigenvalue weighted by Gasteiger charge is -2.03. The molecule has 2 rings (SSSR count). The summed E-state index contributed by atoms with van der Waals surface area (Å²) in [5.74, 6) is 0.875. The maximum atomic E-state index is 10.6. The summed E-state index contributed by atoms with van der Waals surface area (Å²) in [6.45, 7) is 2.00. The van der Waals surface area contributed by atoms with Gasteiger partial charge in [-0.15, -0.1) is 10.2 Å². The van der Waals surface area contributed by atoms with Crippen molar-refractivity contribution < 1.29 is 4.92 Å². The lowest BCUT2D eigenvalue weighted by atomic mass is 10.4. The van der Waals surface area contributed by atoms with E-state index in [2.05, 4.69) is 31.1 Å². The maximum Gasteiger partial charge on any atom is 0.288 e. The molecule has 2 aromatic rings. The fourth-order valence-electron chi connectivity index (χ4n) is 1.42. The van der Waals surface area contributed by atoms with E-state index in [9.17, 15) is 10.1 Å². The van der Waals surface area contributed by atoms with Gasteiger partial charge in [-0.1, -0.05) is 6.92 Å². The molecule has 0 aliphatic carbocycles. The van der Waals surface area contributed by atoms with Gasteiger partial charge in [-0.3, -0.25) is 10.1 Å². The van der Waals surface area contributed by atoms with E-state index in [1.807, 2.05) is 18.5 Å². The Kier molecular flexibility index (Phi) is 4.15. The molecule has 7 nitrogen and oxygen atoms in total. The molecule has 0 N–H and O–H groups in total. The van der Waals surface area contributed by atoms with E-state index in [-0.39, 0.29) is 5.69 Å². The lowest BCUT2D eigenvalue weighted by molar-refractivity contribution is -0.385. The lowest BCUT2D eigenvalue weighted by Crippen LogP contribution is -1.97. The number of nitro groups is 1. The summed E-state index contributed by atoms with van der Waals surface area (Å²) in [7, 11) is 1.88. The molecular formula is C10H10BrN5O2S. The average Bonchev–Trinajstić information content (AvgIpc) is 2.72. The number of halogens is 1. The first-order valence-electron chi connectivity index (χ1n) is 5.39. The average molecular weight is 344 g/mol. The van der Waals surface area contributed by atoms with Gasteiger partial charge in [-0.25, -0.2) is 4.98 Å². The van der Waals surface area contributed by atoms with Gasteiger partial charge in [-0.2, -0.15) is 0 Å². The van der Waals surface area contributed by atoms with Crippen LogP contribution in [0.15, 0.2) is 26.9 Å². The van der Waals surface area contributed by atoms with Crippen molar-refractivity contribution in [1.82, 2.24) is 19.7 Å². The van der Waals surface area contributed by atoms with Crippen LogP contribution < -0.4 is 0 Å². The Bertz CT molecular complexity index is 630. The van der Waals surface area contributed by atoms with Gasteiger partial charge in [0.25, 0.3) is 5.69 Å². The second-order valence-corrected chi connectivity index (χ2v) is 5.46. The minimum atomic E-state index is -0.482. The number of nitrogens with zero attached hydrogens (tertiary/aromatic N) is 5. The zero-order valence-electron chi connectivity index (χ0n) is 10.2. The Morgan fingerprint density at radius 3 is 2.79 bits per heavy atom. The van der Waals surface area contributed by atoms with Gasteiger partial charge in [0.15, 0.2) is 5.16 Å². The molecule has 0 saturated heterocycles. The van der Waals surface area contributed by atoms with Crippen molar-refractivity contribution in [3.8, 4) is 0 Å². The number of hydrogen-bond donors (Lipinski definition) is 0. The fraction of sp³-hybridized carbons (Fsp3) is 0.300. The SMILES string of the molecule is CCc1nnc(Sc2ncc([N+](=O)[O-])cc2Br)n1C. The Morgan fingerprint density at radius 1 is 1.53 bits per heavy atom. The third-order valence-electron chi connectivity index (χ3n) is 2.43. The van der Waals surface area contributed by atoms with Crippen LogP contribution in [-0.2, 0) is 13.5 Å². The molecule has 0 bridgehead atoms. The highest BCUT2D eigenvalue weighted by atomic mass is 79.9. The Balaban J connectivity index is 2.28. The molecule has 100 valence electrons. The van der Waals surface area contributed by atoms with Gasteiger partial charge >= 0.3 is 0 Å². The van der Waals surface area contributed by atoms with Crippen molar-refractivity contribution in [2.45, 2.75) is 23.5 Å². The highest BCUT2D eigenvalue weighted by molar-refractivity contribution is 9.10.